The molecule has 3 rings (SSSR count). The SMILES string of the molecule is CNS(=O)(=O)Nc1nccc(Cc2cc(C(N)=O)c(Nc3ccc(SC(F)F)cc3F)c(F)c2F)c1F. The van der Waals surface area contributed by atoms with Crippen molar-refractivity contribution in [3.05, 3.63) is 76.5 Å². The number of primary amides is 1. The van der Waals surface area contributed by atoms with Crippen LogP contribution in [0.3, 0.4) is 0 Å². The van der Waals surface area contributed by atoms with Crippen molar-refractivity contribution < 1.29 is 39.6 Å². The van der Waals surface area contributed by atoms with Gasteiger partial charge in [0.15, 0.2) is 23.3 Å². The van der Waals surface area contributed by atoms with Crippen LogP contribution in [0.5, 0.6) is 0 Å². The number of rotatable bonds is 10. The number of hydrogen-bond acceptors (Lipinski definition) is 6. The third-order valence-electron chi connectivity index (χ3n) is 4.82. The molecule has 0 bridgehead atoms. The van der Waals surface area contributed by atoms with Gasteiger partial charge in [-0.25, -0.2) is 27.3 Å². The Morgan fingerprint density at radius 1 is 1.05 bits per heavy atom. The highest BCUT2D eigenvalue weighted by molar-refractivity contribution is 7.99. The number of thioether (sulfide) groups is 1. The first-order valence-corrected chi connectivity index (χ1v) is 12.4. The van der Waals surface area contributed by atoms with Crippen LogP contribution in [0.1, 0.15) is 21.5 Å². The fourth-order valence-electron chi connectivity index (χ4n) is 3.11. The topological polar surface area (TPSA) is 126 Å². The zero-order valence-electron chi connectivity index (χ0n) is 18.6. The van der Waals surface area contributed by atoms with Gasteiger partial charge in [-0.3, -0.25) is 9.52 Å². The van der Waals surface area contributed by atoms with Crippen LogP contribution in [-0.2, 0) is 16.6 Å². The molecule has 8 nitrogen and oxygen atoms in total. The molecular formula is C21H17F6N5O3S2. The highest BCUT2D eigenvalue weighted by atomic mass is 32.2. The first-order valence-electron chi connectivity index (χ1n) is 9.99. The minimum absolute atomic E-state index is 0.0646. The molecule has 16 heteroatoms. The Balaban J connectivity index is 2.00. The summed E-state index contributed by atoms with van der Waals surface area (Å²) in [5.41, 5.74) is 2.53. The minimum Gasteiger partial charge on any atom is -0.366 e. The number of anilines is 3. The van der Waals surface area contributed by atoms with E-state index in [1.165, 1.54) is 0 Å². The average molecular weight is 566 g/mol. The van der Waals surface area contributed by atoms with Crippen LogP contribution in [0, 0.1) is 23.3 Å². The second-order valence-electron chi connectivity index (χ2n) is 7.21. The van der Waals surface area contributed by atoms with Gasteiger partial charge in [-0.2, -0.15) is 17.2 Å². The Kier molecular flexibility index (Phi) is 8.55. The van der Waals surface area contributed by atoms with E-state index in [4.69, 9.17) is 5.73 Å². The summed E-state index contributed by atoms with van der Waals surface area (Å²) in [7, 11) is -3.08. The zero-order chi connectivity index (χ0) is 27.5. The predicted octanol–water partition coefficient (Wildman–Crippen LogP) is 4.26. The summed E-state index contributed by atoms with van der Waals surface area (Å²) >= 11 is 0.0646. The molecular weight excluding hydrogens is 548 g/mol. The summed E-state index contributed by atoms with van der Waals surface area (Å²) in [5, 5.41) is 2.20. The van der Waals surface area contributed by atoms with E-state index in [1.807, 2.05) is 9.44 Å². The van der Waals surface area contributed by atoms with E-state index in [0.29, 0.717) is 0 Å². The van der Waals surface area contributed by atoms with Gasteiger partial charge in [0.2, 0.25) is 0 Å². The number of nitrogens with two attached hydrogens (primary N) is 1. The third kappa shape index (κ3) is 6.64. The number of nitrogens with one attached hydrogen (secondary N) is 3. The molecule has 198 valence electrons. The first kappa shape index (κ1) is 28.1. The van der Waals surface area contributed by atoms with Crippen molar-refractivity contribution in [2.24, 2.45) is 5.73 Å². The molecule has 0 unspecified atom stereocenters. The summed E-state index contributed by atoms with van der Waals surface area (Å²) in [5.74, 6) is -10.2. The van der Waals surface area contributed by atoms with E-state index < -0.39 is 79.9 Å². The molecule has 3 aromatic rings. The van der Waals surface area contributed by atoms with Gasteiger partial charge in [0.25, 0.3) is 21.9 Å². The average Bonchev–Trinajstić information content (AvgIpc) is 2.81. The van der Waals surface area contributed by atoms with E-state index in [0.717, 1.165) is 43.6 Å². The molecule has 1 amide bonds. The molecule has 0 saturated heterocycles. The molecule has 37 heavy (non-hydrogen) atoms. The Hall–Kier alpha value is -3.50. The molecule has 0 saturated carbocycles. The van der Waals surface area contributed by atoms with Crippen molar-refractivity contribution in [3.63, 3.8) is 0 Å². The smallest absolute Gasteiger partial charge is 0.300 e. The molecule has 0 atom stereocenters. The Morgan fingerprint density at radius 2 is 1.76 bits per heavy atom. The second-order valence-corrected chi connectivity index (χ2v) is 9.90. The number of nitrogens with zero attached hydrogens (tertiary/aromatic N) is 1. The van der Waals surface area contributed by atoms with Crippen molar-refractivity contribution in [2.45, 2.75) is 17.1 Å². The van der Waals surface area contributed by atoms with Crippen LogP contribution in [0.25, 0.3) is 0 Å². The highest BCUT2D eigenvalue weighted by Gasteiger charge is 2.24. The molecule has 0 fully saturated rings. The molecule has 1 heterocycles. The molecule has 2 aromatic carbocycles. The van der Waals surface area contributed by atoms with E-state index in [2.05, 4.69) is 10.3 Å². The number of hydrogen-bond donors (Lipinski definition) is 4. The molecule has 0 aliphatic carbocycles. The van der Waals surface area contributed by atoms with Crippen LogP contribution in [0.2, 0.25) is 0 Å². The van der Waals surface area contributed by atoms with Gasteiger partial charge in [-0.05, 0) is 41.5 Å². The highest BCUT2D eigenvalue weighted by Crippen LogP contribution is 2.33. The number of pyridine rings is 1. The molecule has 0 aliphatic heterocycles. The standard InChI is InChI=1S/C21H17F6N5O3S2/c1-29-37(34,35)32-20-16(24)9(4-5-30-20)6-10-7-12(19(28)33)18(17(25)15(10)23)31-14-3-2-11(8-13(14)22)36-21(26)27/h2-5,7-8,21,29,31H,6H2,1H3,(H2,28,33)(H,30,32). The van der Waals surface area contributed by atoms with E-state index in [1.54, 1.807) is 0 Å². The maximum Gasteiger partial charge on any atom is 0.300 e. The predicted molar refractivity (Wildman–Crippen MR) is 125 cm³/mol. The molecule has 0 radical (unpaired) electrons. The van der Waals surface area contributed by atoms with Gasteiger partial charge in [-0.15, -0.1) is 0 Å². The van der Waals surface area contributed by atoms with Crippen molar-refractivity contribution in [1.29, 1.82) is 0 Å². The molecule has 0 spiro atoms. The van der Waals surface area contributed by atoms with E-state index in [9.17, 15) is 35.2 Å². The number of benzene rings is 2. The van der Waals surface area contributed by atoms with Gasteiger partial charge >= 0.3 is 0 Å². The van der Waals surface area contributed by atoms with Crippen LogP contribution >= 0.6 is 11.8 Å². The Morgan fingerprint density at radius 3 is 2.35 bits per heavy atom. The summed E-state index contributed by atoms with van der Waals surface area (Å²) in [6.45, 7) is 0. The van der Waals surface area contributed by atoms with Gasteiger partial charge < -0.3 is 11.1 Å². The number of carbonyl (C=O) groups is 1. The number of carbonyl (C=O) groups excluding carboxylic acids is 1. The monoisotopic (exact) mass is 565 g/mol. The number of amides is 1. The van der Waals surface area contributed by atoms with E-state index in [-0.39, 0.29) is 22.2 Å². The summed E-state index contributed by atoms with van der Waals surface area (Å²) in [4.78, 5) is 15.4. The zero-order valence-corrected chi connectivity index (χ0v) is 20.2. The van der Waals surface area contributed by atoms with Crippen LogP contribution in [0.15, 0.2) is 41.4 Å². The maximum atomic E-state index is 15.0. The summed E-state index contributed by atoms with van der Waals surface area (Å²) in [6, 6.07) is 4.71. The number of halogens is 6. The van der Waals surface area contributed by atoms with Gasteiger partial charge in [0.1, 0.15) is 5.82 Å². The van der Waals surface area contributed by atoms with Crippen LogP contribution in [-0.4, -0.2) is 32.1 Å². The lowest BCUT2D eigenvalue weighted by molar-refractivity contribution is 0.100. The molecule has 0 aliphatic rings. The Bertz CT molecular complexity index is 1460. The fraction of sp³-hybridized carbons (Fsp3) is 0.143. The lowest BCUT2D eigenvalue weighted by Gasteiger charge is -2.16. The van der Waals surface area contributed by atoms with E-state index >= 15 is 4.39 Å². The number of alkyl halides is 2. The van der Waals surface area contributed by atoms with Gasteiger partial charge in [0, 0.05) is 24.6 Å². The second kappa shape index (κ2) is 11.3. The van der Waals surface area contributed by atoms with Gasteiger partial charge in [-0.1, -0.05) is 11.8 Å². The third-order valence-corrected chi connectivity index (χ3v) is 6.53. The lowest BCUT2D eigenvalue weighted by Crippen LogP contribution is -2.27. The van der Waals surface area contributed by atoms with Crippen LogP contribution in [0.4, 0.5) is 43.5 Å². The van der Waals surface area contributed by atoms with Crippen LogP contribution < -0.4 is 20.5 Å². The minimum atomic E-state index is -4.14. The van der Waals surface area contributed by atoms with Crippen molar-refractivity contribution >= 4 is 45.1 Å². The normalized spacial score (nSPS) is 11.6. The number of aromatic nitrogens is 1. The van der Waals surface area contributed by atoms with Gasteiger partial charge in [0.05, 0.1) is 16.9 Å². The van der Waals surface area contributed by atoms with Crippen molar-refractivity contribution in [2.75, 3.05) is 17.1 Å². The summed E-state index contributed by atoms with van der Waals surface area (Å²) in [6.07, 6.45) is 0.365. The van der Waals surface area contributed by atoms with Crippen molar-refractivity contribution in [3.8, 4) is 0 Å². The maximum absolute atomic E-state index is 15.0. The summed E-state index contributed by atoms with van der Waals surface area (Å²) < 4.78 is 111. The quantitative estimate of drug-likeness (QED) is 0.215. The molecule has 1 aromatic heterocycles. The van der Waals surface area contributed by atoms with Crippen molar-refractivity contribution in [1.82, 2.24) is 9.71 Å². The fourth-order valence-corrected chi connectivity index (χ4v) is 4.13. The lowest BCUT2D eigenvalue weighted by atomic mass is 10.00. The Labute approximate surface area is 210 Å². The largest absolute Gasteiger partial charge is 0.366 e. The molecule has 5 N–H and O–H groups in total. The first-order chi connectivity index (χ1) is 17.3.